The van der Waals surface area contributed by atoms with Crippen LogP contribution in [0, 0.1) is 0 Å². The van der Waals surface area contributed by atoms with E-state index in [4.69, 9.17) is 15.2 Å². The first-order chi connectivity index (χ1) is 12.6. The molecule has 0 radical (unpaired) electrons. The number of rotatable bonds is 6. The number of hydrogen-bond acceptors (Lipinski definition) is 7. The number of carbonyl (C=O) groups is 1. The predicted octanol–water partition coefficient (Wildman–Crippen LogP) is 2.16. The van der Waals surface area contributed by atoms with Crippen molar-refractivity contribution in [1.82, 2.24) is 20.0 Å². The van der Waals surface area contributed by atoms with Gasteiger partial charge >= 0.3 is 5.97 Å². The van der Waals surface area contributed by atoms with E-state index in [9.17, 15) is 4.79 Å². The molecule has 1 aromatic carbocycles. The first-order valence-corrected chi connectivity index (χ1v) is 8.07. The first kappa shape index (κ1) is 17.4. The maximum atomic E-state index is 12.4. The molecule has 26 heavy (non-hydrogen) atoms. The summed E-state index contributed by atoms with van der Waals surface area (Å²) in [5.41, 5.74) is 8.48. The highest BCUT2D eigenvalue weighted by atomic mass is 16.5. The minimum absolute atomic E-state index is 0.230. The van der Waals surface area contributed by atoms with Gasteiger partial charge in [0.05, 0.1) is 32.7 Å². The van der Waals surface area contributed by atoms with Crippen molar-refractivity contribution in [3.63, 3.8) is 0 Å². The van der Waals surface area contributed by atoms with Gasteiger partial charge in [0.15, 0.2) is 0 Å². The van der Waals surface area contributed by atoms with E-state index < -0.39 is 5.97 Å². The smallest absolute Gasteiger partial charge is 0.344 e. The van der Waals surface area contributed by atoms with Crippen LogP contribution < -0.4 is 10.5 Å². The number of nitrogen functional groups attached to an aromatic ring is 1. The van der Waals surface area contributed by atoms with Gasteiger partial charge < -0.3 is 15.2 Å². The molecule has 134 valence electrons. The number of aromatic nitrogens is 4. The Balaban J connectivity index is 2.01. The Morgan fingerprint density at radius 3 is 2.58 bits per heavy atom. The van der Waals surface area contributed by atoms with Crippen LogP contribution >= 0.6 is 0 Å². The minimum Gasteiger partial charge on any atom is -0.497 e. The molecular weight excluding hydrogens is 334 g/mol. The van der Waals surface area contributed by atoms with Gasteiger partial charge in [0.2, 0.25) is 0 Å². The van der Waals surface area contributed by atoms with Gasteiger partial charge in [0, 0.05) is 5.56 Å². The molecule has 0 aliphatic carbocycles. The van der Waals surface area contributed by atoms with Crippen LogP contribution in [-0.4, -0.2) is 39.7 Å². The van der Waals surface area contributed by atoms with Crippen LogP contribution in [0.4, 0.5) is 5.82 Å². The lowest BCUT2D eigenvalue weighted by Crippen LogP contribution is -2.10. The van der Waals surface area contributed by atoms with Gasteiger partial charge in [0.1, 0.15) is 22.8 Å². The molecule has 0 saturated heterocycles. The molecule has 0 bridgehead atoms. The van der Waals surface area contributed by atoms with Gasteiger partial charge in [-0.2, -0.15) is 15.3 Å². The van der Waals surface area contributed by atoms with Crippen LogP contribution in [-0.2, 0) is 11.3 Å². The molecule has 0 saturated carbocycles. The summed E-state index contributed by atoms with van der Waals surface area (Å²) in [5, 5.41) is 12.1. The molecule has 0 aliphatic heterocycles. The SMILES string of the molecule is CCOC(=O)c1c(-c2ccnnc2)nn(Cc2ccc(OC)cc2)c1N. The molecule has 3 aromatic rings. The zero-order valence-electron chi connectivity index (χ0n) is 14.5. The number of methoxy groups -OCH3 is 1. The number of benzene rings is 1. The standard InChI is InChI=1S/C18H19N5O3/c1-3-26-18(24)15-16(13-8-9-20-21-10-13)22-23(17(15)19)11-12-4-6-14(25-2)7-5-12/h4-10H,3,11,19H2,1-2H3. The highest BCUT2D eigenvalue weighted by Crippen LogP contribution is 2.28. The monoisotopic (exact) mass is 353 g/mol. The van der Waals surface area contributed by atoms with Crippen molar-refractivity contribution in [2.45, 2.75) is 13.5 Å². The predicted molar refractivity (Wildman–Crippen MR) is 95.7 cm³/mol. The molecule has 8 heteroatoms. The van der Waals surface area contributed by atoms with Crippen molar-refractivity contribution in [2.75, 3.05) is 19.5 Å². The number of ether oxygens (including phenoxy) is 2. The molecule has 0 atom stereocenters. The van der Waals surface area contributed by atoms with Crippen LogP contribution in [0.25, 0.3) is 11.3 Å². The maximum absolute atomic E-state index is 12.4. The Bertz CT molecular complexity index is 891. The first-order valence-electron chi connectivity index (χ1n) is 8.07. The van der Waals surface area contributed by atoms with Crippen molar-refractivity contribution in [2.24, 2.45) is 0 Å². The quantitative estimate of drug-likeness (QED) is 0.677. The Morgan fingerprint density at radius 2 is 1.96 bits per heavy atom. The lowest BCUT2D eigenvalue weighted by atomic mass is 10.1. The summed E-state index contributed by atoms with van der Waals surface area (Å²) in [6.45, 7) is 2.39. The fourth-order valence-corrected chi connectivity index (χ4v) is 2.54. The number of esters is 1. The van der Waals surface area contributed by atoms with E-state index in [-0.39, 0.29) is 18.0 Å². The third-order valence-corrected chi connectivity index (χ3v) is 3.82. The molecule has 0 amide bonds. The van der Waals surface area contributed by atoms with E-state index in [2.05, 4.69) is 15.3 Å². The number of anilines is 1. The lowest BCUT2D eigenvalue weighted by molar-refractivity contribution is 0.0528. The summed E-state index contributed by atoms with van der Waals surface area (Å²) in [6, 6.07) is 9.26. The Kier molecular flexibility index (Phi) is 5.12. The lowest BCUT2D eigenvalue weighted by Gasteiger charge is -2.06. The van der Waals surface area contributed by atoms with Crippen LogP contribution in [0.5, 0.6) is 5.75 Å². The van der Waals surface area contributed by atoms with Gasteiger partial charge in [-0.15, -0.1) is 0 Å². The molecule has 0 spiro atoms. The van der Waals surface area contributed by atoms with Gasteiger partial charge in [0.25, 0.3) is 0 Å². The Labute approximate surface area is 150 Å². The molecule has 8 nitrogen and oxygen atoms in total. The molecule has 0 fully saturated rings. The molecule has 2 heterocycles. The van der Waals surface area contributed by atoms with E-state index in [1.807, 2.05) is 24.3 Å². The topological polar surface area (TPSA) is 105 Å². The largest absolute Gasteiger partial charge is 0.497 e. The Morgan fingerprint density at radius 1 is 1.19 bits per heavy atom. The van der Waals surface area contributed by atoms with Gasteiger partial charge in [-0.25, -0.2) is 9.48 Å². The van der Waals surface area contributed by atoms with Crippen molar-refractivity contribution in [3.8, 4) is 17.0 Å². The second-order valence-corrected chi connectivity index (χ2v) is 5.47. The van der Waals surface area contributed by atoms with Crippen molar-refractivity contribution >= 4 is 11.8 Å². The second kappa shape index (κ2) is 7.64. The van der Waals surface area contributed by atoms with Crippen molar-refractivity contribution in [3.05, 3.63) is 53.9 Å². The number of carbonyl (C=O) groups excluding carboxylic acids is 1. The summed E-state index contributed by atoms with van der Waals surface area (Å²) in [5.74, 6) is 0.488. The average Bonchev–Trinajstić information content (AvgIpc) is 3.00. The fraction of sp³-hybridized carbons (Fsp3) is 0.222. The minimum atomic E-state index is -0.516. The van der Waals surface area contributed by atoms with Gasteiger partial charge in [-0.1, -0.05) is 12.1 Å². The number of nitrogens with two attached hydrogens (primary N) is 1. The zero-order valence-corrected chi connectivity index (χ0v) is 14.5. The van der Waals surface area contributed by atoms with Crippen molar-refractivity contribution in [1.29, 1.82) is 0 Å². The normalized spacial score (nSPS) is 10.5. The number of hydrogen-bond donors (Lipinski definition) is 1. The van der Waals surface area contributed by atoms with Gasteiger partial charge in [-0.05, 0) is 30.7 Å². The Hall–Kier alpha value is -3.42. The molecule has 2 aromatic heterocycles. The highest BCUT2D eigenvalue weighted by Gasteiger charge is 2.24. The summed E-state index contributed by atoms with van der Waals surface area (Å²) >= 11 is 0. The molecule has 0 aliphatic rings. The molecule has 0 unspecified atom stereocenters. The van der Waals surface area contributed by atoms with E-state index >= 15 is 0 Å². The summed E-state index contributed by atoms with van der Waals surface area (Å²) in [6.07, 6.45) is 3.06. The van der Waals surface area contributed by atoms with E-state index in [0.717, 1.165) is 11.3 Å². The van der Waals surface area contributed by atoms with Crippen LogP contribution in [0.3, 0.4) is 0 Å². The van der Waals surface area contributed by atoms with E-state index in [0.29, 0.717) is 17.8 Å². The maximum Gasteiger partial charge on any atom is 0.344 e. The van der Waals surface area contributed by atoms with Gasteiger partial charge in [-0.3, -0.25) is 0 Å². The third-order valence-electron chi connectivity index (χ3n) is 3.82. The summed E-state index contributed by atoms with van der Waals surface area (Å²) in [4.78, 5) is 12.4. The van der Waals surface area contributed by atoms with E-state index in [1.54, 1.807) is 24.8 Å². The fourth-order valence-electron chi connectivity index (χ4n) is 2.54. The molecule has 3 rings (SSSR count). The second-order valence-electron chi connectivity index (χ2n) is 5.47. The zero-order chi connectivity index (χ0) is 18.5. The summed E-state index contributed by atoms with van der Waals surface area (Å²) < 4.78 is 11.9. The van der Waals surface area contributed by atoms with Crippen LogP contribution in [0.2, 0.25) is 0 Å². The van der Waals surface area contributed by atoms with Crippen LogP contribution in [0.1, 0.15) is 22.8 Å². The highest BCUT2D eigenvalue weighted by molar-refractivity contribution is 6.00. The van der Waals surface area contributed by atoms with Crippen LogP contribution in [0.15, 0.2) is 42.7 Å². The number of nitrogens with zero attached hydrogens (tertiary/aromatic N) is 4. The molecule has 2 N–H and O–H groups in total. The molecular formula is C18H19N5O3. The van der Waals surface area contributed by atoms with Crippen molar-refractivity contribution < 1.29 is 14.3 Å². The third kappa shape index (κ3) is 3.49. The average molecular weight is 353 g/mol. The summed E-state index contributed by atoms with van der Waals surface area (Å²) in [7, 11) is 1.61. The van der Waals surface area contributed by atoms with E-state index in [1.165, 1.54) is 12.4 Å².